The van der Waals surface area contributed by atoms with Gasteiger partial charge in [-0.05, 0) is 12.0 Å². The number of aldehydes is 1. The molecule has 0 aliphatic carbocycles. The summed E-state index contributed by atoms with van der Waals surface area (Å²) in [4.78, 5) is 10.5. The molecule has 17 heavy (non-hydrogen) atoms. The zero-order valence-electron chi connectivity index (χ0n) is 9.58. The quantitative estimate of drug-likeness (QED) is 0.727. The first-order valence-electron chi connectivity index (χ1n) is 5.72. The summed E-state index contributed by atoms with van der Waals surface area (Å²) in [5.74, 6) is 0. The molecule has 1 heterocycles. The third kappa shape index (κ3) is 3.93. The molecule has 1 aromatic carbocycles. The predicted octanol–water partition coefficient (Wildman–Crippen LogP) is 1.53. The van der Waals surface area contributed by atoms with Gasteiger partial charge in [0, 0.05) is 0 Å². The van der Waals surface area contributed by atoms with Crippen LogP contribution in [0.25, 0.3) is 0 Å². The molecule has 0 amide bonds. The highest BCUT2D eigenvalue weighted by atomic mass is 16.7. The number of ether oxygens (including phenoxy) is 3. The van der Waals surface area contributed by atoms with Crippen molar-refractivity contribution in [2.24, 2.45) is 0 Å². The van der Waals surface area contributed by atoms with Crippen LogP contribution in [0.5, 0.6) is 0 Å². The van der Waals surface area contributed by atoms with Gasteiger partial charge < -0.3 is 14.2 Å². The maximum absolute atomic E-state index is 10.5. The van der Waals surface area contributed by atoms with E-state index < -0.39 is 6.29 Å². The summed E-state index contributed by atoms with van der Waals surface area (Å²) in [6.07, 6.45) is 0.652. The smallest absolute Gasteiger partial charge is 0.215 e. The molecule has 92 valence electrons. The molecule has 1 aliphatic heterocycles. The average molecular weight is 236 g/mol. The van der Waals surface area contributed by atoms with Gasteiger partial charge in [0.05, 0.1) is 25.9 Å². The van der Waals surface area contributed by atoms with Gasteiger partial charge in [0.25, 0.3) is 0 Å². The fourth-order valence-electron chi connectivity index (χ4n) is 1.69. The Kier molecular flexibility index (Phi) is 4.67. The molecule has 0 spiro atoms. The largest absolute Gasteiger partial charge is 0.374 e. The van der Waals surface area contributed by atoms with Crippen molar-refractivity contribution >= 4 is 6.29 Å². The summed E-state index contributed by atoms with van der Waals surface area (Å²) in [7, 11) is 0. The summed E-state index contributed by atoms with van der Waals surface area (Å²) < 4.78 is 16.0. The van der Waals surface area contributed by atoms with E-state index in [4.69, 9.17) is 14.2 Å². The Hall–Kier alpha value is -1.23. The van der Waals surface area contributed by atoms with Gasteiger partial charge in [-0.15, -0.1) is 0 Å². The van der Waals surface area contributed by atoms with Crippen molar-refractivity contribution in [3.8, 4) is 0 Å². The molecule has 4 nitrogen and oxygen atoms in total. The van der Waals surface area contributed by atoms with Gasteiger partial charge in [0.1, 0.15) is 0 Å². The maximum Gasteiger partial charge on any atom is 0.215 e. The summed E-state index contributed by atoms with van der Waals surface area (Å²) in [5, 5.41) is 0. The normalized spacial score (nSPS) is 24.5. The molecule has 0 radical (unpaired) electrons. The molecule has 1 aliphatic rings. The van der Waals surface area contributed by atoms with E-state index in [-0.39, 0.29) is 6.10 Å². The molecule has 0 saturated carbocycles. The minimum atomic E-state index is -0.728. The lowest BCUT2D eigenvalue weighted by Crippen LogP contribution is -2.35. The third-order valence-electron chi connectivity index (χ3n) is 2.57. The minimum Gasteiger partial charge on any atom is -0.374 e. The third-order valence-corrected chi connectivity index (χ3v) is 2.57. The van der Waals surface area contributed by atoms with Crippen molar-refractivity contribution in [3.63, 3.8) is 0 Å². The van der Waals surface area contributed by atoms with E-state index in [1.165, 1.54) is 0 Å². The zero-order chi connectivity index (χ0) is 11.9. The summed E-state index contributed by atoms with van der Waals surface area (Å²) in [5.41, 5.74) is 1.13. The number of carbonyl (C=O) groups excluding carboxylic acids is 1. The van der Waals surface area contributed by atoms with E-state index in [0.717, 1.165) is 12.0 Å². The van der Waals surface area contributed by atoms with Crippen LogP contribution in [-0.2, 0) is 25.6 Å². The highest BCUT2D eigenvalue weighted by Crippen LogP contribution is 2.12. The standard InChI is InChI=1S/C13H16O4/c14-8-13-16-7-6-12(17-13)10-15-9-11-4-2-1-3-5-11/h1-5,8,12-13H,6-7,9-10H2. The Bertz CT molecular complexity index is 339. The second-order valence-electron chi connectivity index (χ2n) is 3.92. The average Bonchev–Trinajstić information content (AvgIpc) is 2.40. The lowest BCUT2D eigenvalue weighted by molar-refractivity contribution is -0.211. The van der Waals surface area contributed by atoms with Crippen LogP contribution < -0.4 is 0 Å². The van der Waals surface area contributed by atoms with Crippen LogP contribution in [0, 0.1) is 0 Å². The van der Waals surface area contributed by atoms with Crippen LogP contribution in [0.2, 0.25) is 0 Å². The van der Waals surface area contributed by atoms with Gasteiger partial charge in [-0.2, -0.15) is 0 Å². The number of benzene rings is 1. The van der Waals surface area contributed by atoms with Gasteiger partial charge in [-0.3, -0.25) is 4.79 Å². The van der Waals surface area contributed by atoms with Crippen LogP contribution in [-0.4, -0.2) is 31.9 Å². The summed E-state index contributed by atoms with van der Waals surface area (Å²) >= 11 is 0. The van der Waals surface area contributed by atoms with Gasteiger partial charge in [0.2, 0.25) is 6.29 Å². The summed E-state index contributed by atoms with van der Waals surface area (Å²) in [6.45, 7) is 1.60. The molecular formula is C13H16O4. The molecule has 2 atom stereocenters. The van der Waals surface area contributed by atoms with Gasteiger partial charge in [-0.25, -0.2) is 0 Å². The van der Waals surface area contributed by atoms with E-state index in [0.29, 0.717) is 26.1 Å². The Morgan fingerprint density at radius 2 is 2.18 bits per heavy atom. The summed E-state index contributed by atoms with van der Waals surface area (Å²) in [6, 6.07) is 9.95. The molecule has 1 saturated heterocycles. The highest BCUT2D eigenvalue weighted by molar-refractivity contribution is 5.53. The van der Waals surface area contributed by atoms with E-state index in [2.05, 4.69) is 0 Å². The predicted molar refractivity (Wildman–Crippen MR) is 61.4 cm³/mol. The second kappa shape index (κ2) is 6.49. The Balaban J connectivity index is 1.70. The van der Waals surface area contributed by atoms with E-state index >= 15 is 0 Å². The number of rotatable bonds is 5. The fraction of sp³-hybridized carbons (Fsp3) is 0.462. The first kappa shape index (κ1) is 12.2. The van der Waals surface area contributed by atoms with Crippen molar-refractivity contribution in [3.05, 3.63) is 35.9 Å². The molecule has 4 heteroatoms. The minimum absolute atomic E-state index is 0.0531. The molecule has 0 aromatic heterocycles. The van der Waals surface area contributed by atoms with Crippen LogP contribution in [0.4, 0.5) is 0 Å². The molecule has 0 N–H and O–H groups in total. The van der Waals surface area contributed by atoms with Crippen LogP contribution in [0.15, 0.2) is 30.3 Å². The number of carbonyl (C=O) groups is 1. The Morgan fingerprint density at radius 1 is 1.35 bits per heavy atom. The molecule has 0 bridgehead atoms. The number of hydrogen-bond donors (Lipinski definition) is 0. The monoisotopic (exact) mass is 236 g/mol. The second-order valence-corrected chi connectivity index (χ2v) is 3.92. The maximum atomic E-state index is 10.5. The lowest BCUT2D eigenvalue weighted by atomic mass is 10.2. The van der Waals surface area contributed by atoms with Gasteiger partial charge in [-0.1, -0.05) is 30.3 Å². The van der Waals surface area contributed by atoms with Gasteiger partial charge in [0.15, 0.2) is 6.29 Å². The molecule has 2 unspecified atom stereocenters. The van der Waals surface area contributed by atoms with Gasteiger partial charge >= 0.3 is 0 Å². The van der Waals surface area contributed by atoms with Crippen LogP contribution in [0.1, 0.15) is 12.0 Å². The molecule has 1 fully saturated rings. The van der Waals surface area contributed by atoms with Crippen molar-refractivity contribution < 1.29 is 19.0 Å². The SMILES string of the molecule is O=CC1OCCC(COCc2ccccc2)O1. The Labute approximate surface area is 100 Å². The first-order chi connectivity index (χ1) is 8.38. The van der Waals surface area contributed by atoms with Crippen LogP contribution in [0.3, 0.4) is 0 Å². The topological polar surface area (TPSA) is 44.8 Å². The molecule has 2 rings (SSSR count). The van der Waals surface area contributed by atoms with Crippen molar-refractivity contribution in [1.82, 2.24) is 0 Å². The van der Waals surface area contributed by atoms with E-state index in [9.17, 15) is 4.79 Å². The highest BCUT2D eigenvalue weighted by Gasteiger charge is 2.22. The van der Waals surface area contributed by atoms with Crippen molar-refractivity contribution in [2.75, 3.05) is 13.2 Å². The van der Waals surface area contributed by atoms with E-state index in [1.54, 1.807) is 0 Å². The Morgan fingerprint density at radius 3 is 2.94 bits per heavy atom. The van der Waals surface area contributed by atoms with Crippen LogP contribution >= 0.6 is 0 Å². The lowest BCUT2D eigenvalue weighted by Gasteiger charge is -2.26. The molecular weight excluding hydrogens is 220 g/mol. The zero-order valence-corrected chi connectivity index (χ0v) is 9.58. The van der Waals surface area contributed by atoms with E-state index in [1.807, 2.05) is 30.3 Å². The molecule has 1 aromatic rings. The van der Waals surface area contributed by atoms with Crippen molar-refractivity contribution in [1.29, 1.82) is 0 Å². The van der Waals surface area contributed by atoms with Crippen molar-refractivity contribution in [2.45, 2.75) is 25.4 Å². The fourth-order valence-corrected chi connectivity index (χ4v) is 1.69. The first-order valence-corrected chi connectivity index (χ1v) is 5.72. The number of hydrogen-bond acceptors (Lipinski definition) is 4.